The van der Waals surface area contributed by atoms with Crippen molar-refractivity contribution in [2.24, 2.45) is 0 Å². The summed E-state index contributed by atoms with van der Waals surface area (Å²) in [6, 6.07) is 21.5. The Morgan fingerprint density at radius 1 is 0.893 bits per heavy atom. The zero-order chi connectivity index (χ0) is 19.9. The van der Waals surface area contributed by atoms with Crippen LogP contribution < -0.4 is 16.4 Å². The zero-order valence-corrected chi connectivity index (χ0v) is 15.9. The van der Waals surface area contributed by atoms with Crippen molar-refractivity contribution in [2.45, 2.75) is 12.8 Å². The highest BCUT2D eigenvalue weighted by Gasteiger charge is 1.98. The molecule has 28 heavy (non-hydrogen) atoms. The monoisotopic (exact) mass is 374 g/mol. The SMILES string of the molecule is N#Cc1ccc(CCNCCCNc2cccnc2N)nc1.c1ccccc1. The zero-order valence-electron chi connectivity index (χ0n) is 15.9. The highest BCUT2D eigenvalue weighted by Crippen LogP contribution is 2.12. The second-order valence-corrected chi connectivity index (χ2v) is 6.02. The van der Waals surface area contributed by atoms with E-state index in [1.165, 1.54) is 0 Å². The average molecular weight is 374 g/mol. The normalized spacial score (nSPS) is 9.68. The maximum atomic E-state index is 8.70. The molecule has 6 nitrogen and oxygen atoms in total. The number of aromatic nitrogens is 2. The molecule has 3 rings (SSSR count). The van der Waals surface area contributed by atoms with E-state index in [0.29, 0.717) is 11.4 Å². The van der Waals surface area contributed by atoms with E-state index >= 15 is 0 Å². The number of nitriles is 1. The van der Waals surface area contributed by atoms with Gasteiger partial charge < -0.3 is 16.4 Å². The number of nitrogens with zero attached hydrogens (tertiary/aromatic N) is 3. The van der Waals surface area contributed by atoms with Crippen molar-refractivity contribution in [3.63, 3.8) is 0 Å². The van der Waals surface area contributed by atoms with E-state index in [1.54, 1.807) is 18.5 Å². The Morgan fingerprint density at radius 2 is 1.64 bits per heavy atom. The summed E-state index contributed by atoms with van der Waals surface area (Å²) >= 11 is 0. The number of nitrogen functional groups attached to an aromatic ring is 1. The smallest absolute Gasteiger partial charge is 0.146 e. The lowest BCUT2D eigenvalue weighted by Gasteiger charge is -2.08. The molecule has 0 amide bonds. The van der Waals surface area contributed by atoms with E-state index in [9.17, 15) is 0 Å². The maximum Gasteiger partial charge on any atom is 0.146 e. The van der Waals surface area contributed by atoms with Crippen molar-refractivity contribution in [3.05, 3.63) is 84.3 Å². The Morgan fingerprint density at radius 3 is 2.25 bits per heavy atom. The molecule has 1 aromatic carbocycles. The summed E-state index contributed by atoms with van der Waals surface area (Å²) in [4.78, 5) is 8.26. The number of pyridine rings is 2. The molecule has 6 heteroatoms. The standard InChI is InChI=1S/C16H20N6.C6H6/c17-11-13-4-5-14(22-12-13)6-10-19-7-2-9-20-15-3-1-8-21-16(15)18;1-2-4-6-5-3-1/h1,3-5,8,12,19-20H,2,6-7,9-10H2,(H2,18,21);1-6H. The van der Waals surface area contributed by atoms with Crippen molar-refractivity contribution in [3.8, 4) is 6.07 Å². The van der Waals surface area contributed by atoms with Gasteiger partial charge in [0.25, 0.3) is 0 Å². The Hall–Kier alpha value is -3.43. The van der Waals surface area contributed by atoms with Crippen LogP contribution in [0.15, 0.2) is 73.1 Å². The lowest BCUT2D eigenvalue weighted by molar-refractivity contribution is 0.655. The van der Waals surface area contributed by atoms with Crippen LogP contribution in [-0.4, -0.2) is 29.6 Å². The molecule has 3 aromatic rings. The highest BCUT2D eigenvalue weighted by molar-refractivity contribution is 5.60. The summed E-state index contributed by atoms with van der Waals surface area (Å²) < 4.78 is 0. The van der Waals surface area contributed by atoms with Crippen LogP contribution in [0.25, 0.3) is 0 Å². The van der Waals surface area contributed by atoms with Gasteiger partial charge in [-0.2, -0.15) is 5.26 Å². The first-order valence-electron chi connectivity index (χ1n) is 9.29. The Balaban J connectivity index is 0.000000397. The van der Waals surface area contributed by atoms with E-state index < -0.39 is 0 Å². The fourth-order valence-corrected chi connectivity index (χ4v) is 2.37. The molecule has 4 N–H and O–H groups in total. The second-order valence-electron chi connectivity index (χ2n) is 6.02. The molecule has 144 valence electrons. The minimum atomic E-state index is 0.530. The lowest BCUT2D eigenvalue weighted by Crippen LogP contribution is -2.21. The van der Waals surface area contributed by atoms with Gasteiger partial charge >= 0.3 is 0 Å². The summed E-state index contributed by atoms with van der Waals surface area (Å²) in [7, 11) is 0. The number of nitrogens with one attached hydrogen (secondary N) is 2. The van der Waals surface area contributed by atoms with Gasteiger partial charge in [-0.25, -0.2) is 4.98 Å². The van der Waals surface area contributed by atoms with Crippen LogP contribution in [0.3, 0.4) is 0 Å². The Bertz CT molecular complexity index is 801. The van der Waals surface area contributed by atoms with Crippen LogP contribution in [-0.2, 0) is 6.42 Å². The molecule has 0 aliphatic heterocycles. The van der Waals surface area contributed by atoms with Crippen LogP contribution >= 0.6 is 0 Å². The summed E-state index contributed by atoms with van der Waals surface area (Å²) in [5, 5.41) is 15.3. The minimum absolute atomic E-state index is 0.530. The van der Waals surface area contributed by atoms with E-state index in [0.717, 1.165) is 43.9 Å². The van der Waals surface area contributed by atoms with Gasteiger partial charge in [-0.15, -0.1) is 0 Å². The third kappa shape index (κ3) is 8.30. The molecule has 0 saturated carbocycles. The molecule has 0 saturated heterocycles. The molecule has 0 fully saturated rings. The summed E-state index contributed by atoms with van der Waals surface area (Å²) in [6.45, 7) is 2.63. The number of hydrogen-bond donors (Lipinski definition) is 3. The molecular formula is C22H26N6. The molecule has 0 unspecified atom stereocenters. The minimum Gasteiger partial charge on any atom is -0.382 e. The summed E-state index contributed by atoms with van der Waals surface area (Å²) in [6.07, 6.45) is 5.14. The first-order valence-corrected chi connectivity index (χ1v) is 9.29. The molecule has 0 bridgehead atoms. The molecule has 0 spiro atoms. The molecule has 0 atom stereocenters. The fraction of sp³-hybridized carbons (Fsp3) is 0.227. The van der Waals surface area contributed by atoms with Gasteiger partial charge in [0.05, 0.1) is 11.3 Å². The third-order valence-corrected chi connectivity index (χ3v) is 3.86. The van der Waals surface area contributed by atoms with Crippen molar-refractivity contribution >= 4 is 11.5 Å². The average Bonchev–Trinajstić information content (AvgIpc) is 2.76. The van der Waals surface area contributed by atoms with E-state index in [-0.39, 0.29) is 0 Å². The Kier molecular flexibility index (Phi) is 9.58. The summed E-state index contributed by atoms with van der Waals surface area (Å²) in [5.41, 5.74) is 8.22. The first-order chi connectivity index (χ1) is 13.8. The highest BCUT2D eigenvalue weighted by atomic mass is 15.0. The van der Waals surface area contributed by atoms with Gasteiger partial charge in [0.15, 0.2) is 0 Å². The van der Waals surface area contributed by atoms with E-state index in [1.807, 2.05) is 54.6 Å². The number of rotatable bonds is 8. The van der Waals surface area contributed by atoms with Gasteiger partial charge in [-0.05, 0) is 37.2 Å². The number of nitrogens with two attached hydrogens (primary N) is 1. The molecule has 0 aliphatic rings. The predicted octanol–water partition coefficient (Wildman–Crippen LogP) is 3.25. The molecule has 2 aromatic heterocycles. The van der Waals surface area contributed by atoms with Crippen molar-refractivity contribution in [1.29, 1.82) is 5.26 Å². The van der Waals surface area contributed by atoms with E-state index in [4.69, 9.17) is 11.0 Å². The first kappa shape index (κ1) is 20.9. The van der Waals surface area contributed by atoms with Gasteiger partial charge in [-0.1, -0.05) is 36.4 Å². The molecular weight excluding hydrogens is 348 g/mol. The number of anilines is 2. The van der Waals surface area contributed by atoms with Crippen LogP contribution in [0.5, 0.6) is 0 Å². The van der Waals surface area contributed by atoms with Crippen molar-refractivity contribution in [2.75, 3.05) is 30.7 Å². The topological polar surface area (TPSA) is 99.7 Å². The van der Waals surface area contributed by atoms with Gasteiger partial charge in [0.1, 0.15) is 11.9 Å². The number of benzene rings is 1. The predicted molar refractivity (Wildman–Crippen MR) is 114 cm³/mol. The molecule has 2 heterocycles. The van der Waals surface area contributed by atoms with Crippen molar-refractivity contribution < 1.29 is 0 Å². The third-order valence-electron chi connectivity index (χ3n) is 3.86. The molecule has 0 radical (unpaired) electrons. The number of hydrogen-bond acceptors (Lipinski definition) is 6. The summed E-state index contributed by atoms with van der Waals surface area (Å²) in [5.74, 6) is 0.530. The molecule has 0 aliphatic carbocycles. The largest absolute Gasteiger partial charge is 0.382 e. The van der Waals surface area contributed by atoms with Gasteiger partial charge in [0.2, 0.25) is 0 Å². The quantitative estimate of drug-likeness (QED) is 0.523. The van der Waals surface area contributed by atoms with Gasteiger partial charge in [0, 0.05) is 37.6 Å². The van der Waals surface area contributed by atoms with Gasteiger partial charge in [-0.3, -0.25) is 4.98 Å². The van der Waals surface area contributed by atoms with Crippen LogP contribution in [0, 0.1) is 11.3 Å². The second kappa shape index (κ2) is 12.8. The van der Waals surface area contributed by atoms with Crippen LogP contribution in [0.2, 0.25) is 0 Å². The maximum absolute atomic E-state index is 8.70. The van der Waals surface area contributed by atoms with Crippen molar-refractivity contribution in [1.82, 2.24) is 15.3 Å². The Labute approximate surface area is 166 Å². The van der Waals surface area contributed by atoms with E-state index in [2.05, 4.69) is 26.7 Å². The lowest BCUT2D eigenvalue weighted by atomic mass is 10.2. The van der Waals surface area contributed by atoms with Crippen LogP contribution in [0.1, 0.15) is 17.7 Å². The van der Waals surface area contributed by atoms with Crippen LogP contribution in [0.4, 0.5) is 11.5 Å². The fourth-order valence-electron chi connectivity index (χ4n) is 2.37.